The van der Waals surface area contributed by atoms with Crippen LogP contribution >= 0.6 is 15.9 Å². The fraction of sp³-hybridized carbons (Fsp3) is 1.00. The van der Waals surface area contributed by atoms with Gasteiger partial charge in [-0.1, -0.05) is 36.2 Å². The first-order valence-corrected chi connectivity index (χ1v) is 7.69. The monoisotopic (exact) mass is 292 g/mol. The number of hydrogen-bond donors (Lipinski definition) is 0. The average molecular weight is 293 g/mol. The number of alkyl halides is 1. The van der Waals surface area contributed by atoms with E-state index in [1.54, 1.807) is 0 Å². The second-order valence-corrected chi connectivity index (χ2v) is 5.56. The number of likely N-dealkylation sites (N-methyl/N-ethyl adjacent to an activating group) is 1. The first-order chi connectivity index (χ1) is 7.63. The van der Waals surface area contributed by atoms with Crippen molar-refractivity contribution >= 4 is 15.9 Å². The maximum atomic E-state index is 3.64. The minimum absolute atomic E-state index is 0.818. The third-order valence-electron chi connectivity index (χ3n) is 2.83. The van der Waals surface area contributed by atoms with Gasteiger partial charge in [-0.15, -0.1) is 0 Å². The molecule has 0 aliphatic carbocycles. The lowest BCUT2D eigenvalue weighted by molar-refractivity contribution is 0.211. The van der Waals surface area contributed by atoms with Crippen LogP contribution in [0.4, 0.5) is 0 Å². The Hall–Kier alpha value is 0.400. The molecule has 2 nitrogen and oxygen atoms in total. The van der Waals surface area contributed by atoms with Crippen LogP contribution < -0.4 is 0 Å². The molecule has 0 aromatic carbocycles. The van der Waals surface area contributed by atoms with Crippen molar-refractivity contribution in [2.75, 3.05) is 45.6 Å². The molecule has 0 rings (SSSR count). The van der Waals surface area contributed by atoms with E-state index in [9.17, 15) is 0 Å². The second-order valence-electron chi connectivity index (χ2n) is 4.91. The van der Waals surface area contributed by atoms with Crippen LogP contribution in [-0.4, -0.2) is 55.4 Å². The van der Waals surface area contributed by atoms with E-state index in [4.69, 9.17) is 0 Å². The zero-order valence-corrected chi connectivity index (χ0v) is 13.1. The Morgan fingerprint density at radius 3 is 2.12 bits per heavy atom. The molecule has 0 heterocycles. The summed E-state index contributed by atoms with van der Waals surface area (Å²) in [4.78, 5) is 4.88. The van der Waals surface area contributed by atoms with Crippen molar-refractivity contribution in [3.8, 4) is 0 Å². The predicted octanol–water partition coefficient (Wildman–Crippen LogP) is 3.07. The highest BCUT2D eigenvalue weighted by Crippen LogP contribution is 2.12. The summed E-state index contributed by atoms with van der Waals surface area (Å²) in [6.45, 7) is 9.41. The van der Waals surface area contributed by atoms with E-state index >= 15 is 0 Å². The van der Waals surface area contributed by atoms with Gasteiger partial charge in [0.05, 0.1) is 0 Å². The number of halogens is 1. The Labute approximate surface area is 111 Å². The lowest BCUT2D eigenvalue weighted by atomic mass is 10.1. The smallest absolute Gasteiger partial charge is 0.0109 e. The molecule has 98 valence electrons. The Balaban J connectivity index is 3.97. The summed E-state index contributed by atoms with van der Waals surface area (Å²) in [7, 11) is 4.30. The van der Waals surface area contributed by atoms with Crippen LogP contribution in [-0.2, 0) is 0 Å². The second kappa shape index (κ2) is 10.5. The van der Waals surface area contributed by atoms with Gasteiger partial charge in [-0.3, -0.25) is 0 Å². The third-order valence-corrected chi connectivity index (χ3v) is 3.75. The number of nitrogens with zero attached hydrogens (tertiary/aromatic N) is 2. The van der Waals surface area contributed by atoms with E-state index in [0.717, 1.165) is 11.2 Å². The van der Waals surface area contributed by atoms with Gasteiger partial charge in [-0.2, -0.15) is 0 Å². The van der Waals surface area contributed by atoms with Gasteiger partial charge < -0.3 is 9.80 Å². The van der Waals surface area contributed by atoms with Crippen LogP contribution in [0.3, 0.4) is 0 Å². The van der Waals surface area contributed by atoms with Gasteiger partial charge in [0.25, 0.3) is 0 Å². The van der Waals surface area contributed by atoms with Crippen molar-refractivity contribution in [2.45, 2.75) is 33.1 Å². The molecule has 0 amide bonds. The SMILES string of the molecule is CCCC(CBr)CN(CCC)CCN(C)C. The minimum Gasteiger partial charge on any atom is -0.308 e. The van der Waals surface area contributed by atoms with E-state index in [1.807, 2.05) is 0 Å². The van der Waals surface area contributed by atoms with E-state index in [1.165, 1.54) is 45.4 Å². The summed E-state index contributed by atoms with van der Waals surface area (Å²) in [5.41, 5.74) is 0. The maximum Gasteiger partial charge on any atom is 0.0109 e. The van der Waals surface area contributed by atoms with Crippen molar-refractivity contribution in [3.05, 3.63) is 0 Å². The lowest BCUT2D eigenvalue weighted by Gasteiger charge is -2.27. The first-order valence-electron chi connectivity index (χ1n) is 6.57. The molecule has 1 unspecified atom stereocenters. The van der Waals surface area contributed by atoms with Crippen LogP contribution in [0, 0.1) is 5.92 Å². The van der Waals surface area contributed by atoms with Crippen molar-refractivity contribution in [2.24, 2.45) is 5.92 Å². The molecular formula is C13H29BrN2. The van der Waals surface area contributed by atoms with Gasteiger partial charge in [0, 0.05) is 25.0 Å². The summed E-state index contributed by atoms with van der Waals surface area (Å²) in [5.74, 6) is 0.818. The zero-order valence-electron chi connectivity index (χ0n) is 11.5. The van der Waals surface area contributed by atoms with E-state index in [2.05, 4.69) is 53.7 Å². The summed E-state index contributed by atoms with van der Waals surface area (Å²) in [6.07, 6.45) is 3.89. The topological polar surface area (TPSA) is 6.48 Å². The molecule has 0 saturated heterocycles. The predicted molar refractivity (Wildman–Crippen MR) is 77.5 cm³/mol. The standard InChI is InChI=1S/C13H29BrN2/c1-5-7-13(11-14)12-16(8-6-2)10-9-15(3)4/h13H,5-12H2,1-4H3. The van der Waals surface area contributed by atoms with Crippen LogP contribution in [0.1, 0.15) is 33.1 Å². The average Bonchev–Trinajstić information content (AvgIpc) is 2.25. The van der Waals surface area contributed by atoms with E-state index in [-0.39, 0.29) is 0 Å². The maximum absolute atomic E-state index is 3.64. The van der Waals surface area contributed by atoms with Gasteiger partial charge in [0.2, 0.25) is 0 Å². The molecule has 0 radical (unpaired) electrons. The molecule has 0 bridgehead atoms. The summed E-state index contributed by atoms with van der Waals surface area (Å²) in [5, 5.41) is 1.14. The van der Waals surface area contributed by atoms with Gasteiger partial charge in [-0.25, -0.2) is 0 Å². The van der Waals surface area contributed by atoms with Crippen LogP contribution in [0.25, 0.3) is 0 Å². The number of rotatable bonds is 10. The Morgan fingerprint density at radius 1 is 1.00 bits per heavy atom. The van der Waals surface area contributed by atoms with Gasteiger partial charge >= 0.3 is 0 Å². The Morgan fingerprint density at radius 2 is 1.69 bits per heavy atom. The highest BCUT2D eigenvalue weighted by Gasteiger charge is 2.12. The van der Waals surface area contributed by atoms with Crippen LogP contribution in [0.5, 0.6) is 0 Å². The summed E-state index contributed by atoms with van der Waals surface area (Å²) >= 11 is 3.64. The molecular weight excluding hydrogens is 264 g/mol. The summed E-state index contributed by atoms with van der Waals surface area (Å²) < 4.78 is 0. The highest BCUT2D eigenvalue weighted by molar-refractivity contribution is 9.09. The van der Waals surface area contributed by atoms with Crippen LogP contribution in [0.15, 0.2) is 0 Å². The Kier molecular flexibility index (Phi) is 10.8. The van der Waals surface area contributed by atoms with Crippen molar-refractivity contribution in [1.29, 1.82) is 0 Å². The molecule has 0 aromatic rings. The lowest BCUT2D eigenvalue weighted by Crippen LogP contribution is -2.36. The molecule has 0 aliphatic heterocycles. The molecule has 0 N–H and O–H groups in total. The van der Waals surface area contributed by atoms with E-state index < -0.39 is 0 Å². The zero-order chi connectivity index (χ0) is 12.4. The molecule has 0 aliphatic rings. The fourth-order valence-electron chi connectivity index (χ4n) is 1.94. The largest absolute Gasteiger partial charge is 0.308 e. The van der Waals surface area contributed by atoms with Crippen LogP contribution in [0.2, 0.25) is 0 Å². The van der Waals surface area contributed by atoms with Crippen molar-refractivity contribution < 1.29 is 0 Å². The van der Waals surface area contributed by atoms with E-state index in [0.29, 0.717) is 0 Å². The number of hydrogen-bond acceptors (Lipinski definition) is 2. The molecule has 0 spiro atoms. The third kappa shape index (κ3) is 8.54. The quantitative estimate of drug-likeness (QED) is 0.571. The van der Waals surface area contributed by atoms with Gasteiger partial charge in [0.1, 0.15) is 0 Å². The molecule has 16 heavy (non-hydrogen) atoms. The first kappa shape index (κ1) is 16.4. The highest BCUT2D eigenvalue weighted by atomic mass is 79.9. The van der Waals surface area contributed by atoms with Gasteiger partial charge in [0.15, 0.2) is 0 Å². The fourth-order valence-corrected chi connectivity index (χ4v) is 2.47. The molecule has 0 fully saturated rings. The Bertz CT molecular complexity index is 151. The molecule has 3 heteroatoms. The minimum atomic E-state index is 0.818. The molecule has 1 atom stereocenters. The van der Waals surface area contributed by atoms with Gasteiger partial charge in [-0.05, 0) is 39.4 Å². The molecule has 0 saturated carbocycles. The normalized spacial score (nSPS) is 13.7. The van der Waals surface area contributed by atoms with Crippen molar-refractivity contribution in [3.63, 3.8) is 0 Å². The summed E-state index contributed by atoms with van der Waals surface area (Å²) in [6, 6.07) is 0. The molecule has 0 aromatic heterocycles. The van der Waals surface area contributed by atoms with Crippen molar-refractivity contribution in [1.82, 2.24) is 9.80 Å².